The number of carbonyl (C=O) groups is 1. The Kier molecular flexibility index (Phi) is 6.13. The maximum atomic E-state index is 11.5. The normalized spacial score (nSPS) is 14.7. The maximum absolute atomic E-state index is 11.5. The molecule has 0 unspecified atom stereocenters. The number of benzene rings is 1. The fraction of sp³-hybridized carbons (Fsp3) is 0.611. The molecule has 0 aliphatic heterocycles. The molecule has 0 spiro atoms. The van der Waals surface area contributed by atoms with Crippen molar-refractivity contribution in [3.8, 4) is 5.75 Å². The molecule has 2 rings (SSSR count). The number of hydrogen-bond donors (Lipinski definition) is 2. The van der Waals surface area contributed by atoms with E-state index in [0.717, 1.165) is 23.9 Å². The number of alkyl carbamates (subject to hydrolysis) is 1. The second kappa shape index (κ2) is 8.09. The van der Waals surface area contributed by atoms with Crippen molar-refractivity contribution in [3.63, 3.8) is 0 Å². The van der Waals surface area contributed by atoms with Crippen molar-refractivity contribution >= 4 is 11.8 Å². The number of anilines is 1. The first-order valence-corrected chi connectivity index (χ1v) is 8.36. The van der Waals surface area contributed by atoms with Gasteiger partial charge in [-0.25, -0.2) is 4.79 Å². The summed E-state index contributed by atoms with van der Waals surface area (Å²) in [5.74, 6) is 1.62. The lowest BCUT2D eigenvalue weighted by molar-refractivity contribution is 0.0520. The van der Waals surface area contributed by atoms with Crippen molar-refractivity contribution in [2.45, 2.75) is 45.6 Å². The third-order valence-electron chi connectivity index (χ3n) is 3.69. The standard InChI is InChI=1S/C18H28N2O3/c1-18(2,3)23-17(21)19-10-11-22-16-9-5-8-15(12-16)20-13-14-6-4-7-14/h5,8-9,12,14,20H,4,6-7,10-11,13H2,1-3H3,(H,19,21). The van der Waals surface area contributed by atoms with Gasteiger partial charge in [-0.05, 0) is 51.7 Å². The number of carbonyl (C=O) groups excluding carboxylic acids is 1. The molecule has 2 N–H and O–H groups in total. The van der Waals surface area contributed by atoms with Gasteiger partial charge < -0.3 is 20.1 Å². The van der Waals surface area contributed by atoms with Gasteiger partial charge in [0.05, 0.1) is 6.54 Å². The molecule has 1 saturated carbocycles. The summed E-state index contributed by atoms with van der Waals surface area (Å²) in [4.78, 5) is 11.5. The Hall–Kier alpha value is -1.91. The molecule has 0 radical (unpaired) electrons. The minimum absolute atomic E-state index is 0.408. The average Bonchev–Trinajstić information content (AvgIpc) is 2.40. The summed E-state index contributed by atoms with van der Waals surface area (Å²) >= 11 is 0. The zero-order chi connectivity index (χ0) is 16.7. The van der Waals surface area contributed by atoms with Gasteiger partial charge in [-0.3, -0.25) is 0 Å². The summed E-state index contributed by atoms with van der Waals surface area (Å²) in [6.45, 7) is 7.37. The highest BCUT2D eigenvalue weighted by Crippen LogP contribution is 2.27. The molecule has 0 aromatic heterocycles. The van der Waals surface area contributed by atoms with Crippen LogP contribution < -0.4 is 15.4 Å². The topological polar surface area (TPSA) is 59.6 Å². The SMILES string of the molecule is CC(C)(C)OC(=O)NCCOc1cccc(NCC2CCC2)c1. The maximum Gasteiger partial charge on any atom is 0.407 e. The van der Waals surface area contributed by atoms with Gasteiger partial charge in [-0.1, -0.05) is 12.5 Å². The Morgan fingerprint density at radius 1 is 1.30 bits per heavy atom. The molecule has 0 saturated heterocycles. The van der Waals surface area contributed by atoms with Crippen LogP contribution in [0, 0.1) is 5.92 Å². The van der Waals surface area contributed by atoms with Gasteiger partial charge >= 0.3 is 6.09 Å². The Balaban J connectivity index is 1.66. The molecule has 23 heavy (non-hydrogen) atoms. The fourth-order valence-electron chi connectivity index (χ4n) is 2.29. The summed E-state index contributed by atoms with van der Waals surface area (Å²) in [6.07, 6.45) is 3.61. The van der Waals surface area contributed by atoms with Gasteiger partial charge in [-0.2, -0.15) is 0 Å². The van der Waals surface area contributed by atoms with Crippen LogP contribution in [0.5, 0.6) is 5.75 Å². The van der Waals surface area contributed by atoms with Crippen LogP contribution in [-0.4, -0.2) is 31.4 Å². The minimum atomic E-state index is -0.481. The van der Waals surface area contributed by atoms with E-state index in [0.29, 0.717) is 13.2 Å². The van der Waals surface area contributed by atoms with Crippen LogP contribution in [0.15, 0.2) is 24.3 Å². The number of ether oxygens (including phenoxy) is 2. The number of hydrogen-bond acceptors (Lipinski definition) is 4. The van der Waals surface area contributed by atoms with Crippen molar-refractivity contribution < 1.29 is 14.3 Å². The van der Waals surface area contributed by atoms with E-state index in [4.69, 9.17) is 9.47 Å². The zero-order valence-electron chi connectivity index (χ0n) is 14.4. The van der Waals surface area contributed by atoms with E-state index in [1.807, 2.05) is 45.0 Å². The smallest absolute Gasteiger partial charge is 0.407 e. The number of rotatable bonds is 7. The average molecular weight is 320 g/mol. The first-order valence-electron chi connectivity index (χ1n) is 8.36. The Labute approximate surface area is 138 Å². The Bertz CT molecular complexity index is 507. The van der Waals surface area contributed by atoms with Crippen LogP contribution in [0.4, 0.5) is 10.5 Å². The van der Waals surface area contributed by atoms with E-state index in [9.17, 15) is 4.79 Å². The summed E-state index contributed by atoms with van der Waals surface area (Å²) in [5.41, 5.74) is 0.597. The molecule has 0 bridgehead atoms. The van der Waals surface area contributed by atoms with E-state index < -0.39 is 11.7 Å². The second-order valence-corrected chi connectivity index (χ2v) is 6.98. The van der Waals surface area contributed by atoms with E-state index in [-0.39, 0.29) is 0 Å². The van der Waals surface area contributed by atoms with Gasteiger partial charge in [0.15, 0.2) is 0 Å². The zero-order valence-corrected chi connectivity index (χ0v) is 14.4. The summed E-state index contributed by atoms with van der Waals surface area (Å²) in [6, 6.07) is 7.93. The van der Waals surface area contributed by atoms with Crippen molar-refractivity contribution in [2.75, 3.05) is 25.0 Å². The lowest BCUT2D eigenvalue weighted by Gasteiger charge is -2.25. The van der Waals surface area contributed by atoms with Crippen LogP contribution in [0.2, 0.25) is 0 Å². The van der Waals surface area contributed by atoms with Crippen LogP contribution in [-0.2, 0) is 4.74 Å². The second-order valence-electron chi connectivity index (χ2n) is 6.98. The largest absolute Gasteiger partial charge is 0.492 e. The van der Waals surface area contributed by atoms with Crippen molar-refractivity contribution in [3.05, 3.63) is 24.3 Å². The van der Waals surface area contributed by atoms with Crippen LogP contribution in [0.25, 0.3) is 0 Å². The molecule has 128 valence electrons. The van der Waals surface area contributed by atoms with Gasteiger partial charge in [0.1, 0.15) is 18.0 Å². The molecule has 1 aromatic carbocycles. The van der Waals surface area contributed by atoms with Gasteiger partial charge in [0.2, 0.25) is 0 Å². The molecule has 0 atom stereocenters. The van der Waals surface area contributed by atoms with E-state index in [1.54, 1.807) is 0 Å². The highest BCUT2D eigenvalue weighted by molar-refractivity contribution is 5.67. The van der Waals surface area contributed by atoms with Crippen LogP contribution in [0.3, 0.4) is 0 Å². The molecular formula is C18H28N2O3. The van der Waals surface area contributed by atoms with Crippen molar-refractivity contribution in [1.29, 1.82) is 0 Å². The lowest BCUT2D eigenvalue weighted by atomic mass is 9.85. The Morgan fingerprint density at radius 3 is 2.74 bits per heavy atom. The number of amides is 1. The quantitative estimate of drug-likeness (QED) is 0.750. The van der Waals surface area contributed by atoms with Gasteiger partial charge in [-0.15, -0.1) is 0 Å². The first-order chi connectivity index (χ1) is 10.9. The highest BCUT2D eigenvalue weighted by atomic mass is 16.6. The van der Waals surface area contributed by atoms with E-state index >= 15 is 0 Å². The predicted octanol–water partition coefficient (Wildman–Crippen LogP) is 3.80. The Morgan fingerprint density at radius 2 is 2.09 bits per heavy atom. The van der Waals surface area contributed by atoms with Crippen molar-refractivity contribution in [1.82, 2.24) is 5.32 Å². The molecule has 1 aromatic rings. The molecule has 5 nitrogen and oxygen atoms in total. The molecule has 1 amide bonds. The fourth-order valence-corrected chi connectivity index (χ4v) is 2.29. The van der Waals surface area contributed by atoms with Crippen LogP contribution >= 0.6 is 0 Å². The third kappa shape index (κ3) is 6.80. The molecule has 1 aliphatic carbocycles. The first kappa shape index (κ1) is 17.4. The monoisotopic (exact) mass is 320 g/mol. The van der Waals surface area contributed by atoms with E-state index in [1.165, 1.54) is 19.3 Å². The number of nitrogens with one attached hydrogen (secondary N) is 2. The summed E-state index contributed by atoms with van der Waals surface area (Å²) in [7, 11) is 0. The van der Waals surface area contributed by atoms with E-state index in [2.05, 4.69) is 10.6 Å². The van der Waals surface area contributed by atoms with Gasteiger partial charge in [0, 0.05) is 18.3 Å². The van der Waals surface area contributed by atoms with Crippen molar-refractivity contribution in [2.24, 2.45) is 5.92 Å². The van der Waals surface area contributed by atoms with Crippen LogP contribution in [0.1, 0.15) is 40.0 Å². The molecular weight excluding hydrogens is 292 g/mol. The molecule has 0 heterocycles. The lowest BCUT2D eigenvalue weighted by Crippen LogP contribution is -2.34. The highest BCUT2D eigenvalue weighted by Gasteiger charge is 2.17. The molecule has 5 heteroatoms. The molecule has 1 fully saturated rings. The van der Waals surface area contributed by atoms with Gasteiger partial charge in [0.25, 0.3) is 0 Å². The predicted molar refractivity (Wildman–Crippen MR) is 92.0 cm³/mol. The minimum Gasteiger partial charge on any atom is -0.492 e. The third-order valence-corrected chi connectivity index (χ3v) is 3.69. The molecule has 1 aliphatic rings. The summed E-state index contributed by atoms with van der Waals surface area (Å²) in [5, 5.41) is 6.13. The summed E-state index contributed by atoms with van der Waals surface area (Å²) < 4.78 is 10.8.